The quantitative estimate of drug-likeness (QED) is 0.0921. The van der Waals surface area contributed by atoms with Crippen LogP contribution in [-0.2, 0) is 79.6 Å². The van der Waals surface area contributed by atoms with Crippen LogP contribution in [0.2, 0.25) is 0 Å². The number of hydrogen-bond acceptors (Lipinski definition) is 21. The molecule has 8 rings (SSSR count). The molecular weight excluding hydrogens is 1130 g/mol. The molecule has 0 aliphatic carbocycles. The number of rotatable bonds is 20. The van der Waals surface area contributed by atoms with Crippen molar-refractivity contribution in [3.63, 3.8) is 0 Å². The first-order valence-corrected chi connectivity index (χ1v) is 31.2. The van der Waals surface area contributed by atoms with E-state index in [0.29, 0.717) is 32.3 Å². The molecule has 0 spiro atoms. The first kappa shape index (κ1) is 70.9. The van der Waals surface area contributed by atoms with Gasteiger partial charge in [0.05, 0.1) is 95.6 Å². The maximum Gasteiger partial charge on any atom is 0.407 e. The number of amides is 2. The maximum atomic E-state index is 12.1. The number of carbonyl (C=O) groups excluding carboxylic acids is 2. The van der Waals surface area contributed by atoms with Gasteiger partial charge in [-0.2, -0.15) is 0 Å². The van der Waals surface area contributed by atoms with Gasteiger partial charge in [-0.1, -0.05) is 116 Å². The zero-order valence-electron chi connectivity index (χ0n) is 53.1. The van der Waals surface area contributed by atoms with Crippen LogP contribution in [0.1, 0.15) is 101 Å². The molecule has 6 saturated heterocycles. The summed E-state index contributed by atoms with van der Waals surface area (Å²) in [6.07, 6.45) is -16.4. The number of alkyl carbamates (subject to hydrolysis) is 1. The van der Waals surface area contributed by atoms with Gasteiger partial charge in [-0.3, -0.25) is 4.79 Å². The molecule has 6 fully saturated rings. The van der Waals surface area contributed by atoms with Gasteiger partial charge < -0.3 is 103 Å². The number of benzene rings is 2. The molecule has 0 bridgehead atoms. The minimum Gasteiger partial charge on any atom is -0.453 e. The Morgan fingerprint density at radius 3 is 1.14 bits per heavy atom. The third kappa shape index (κ3) is 17.5. The van der Waals surface area contributed by atoms with Crippen molar-refractivity contribution in [1.29, 1.82) is 0 Å². The topological polar surface area (TPSA) is 300 Å². The molecule has 6 aliphatic heterocycles. The van der Waals surface area contributed by atoms with Crippen molar-refractivity contribution in [2.45, 2.75) is 238 Å². The molecule has 2 amide bonds. The summed E-state index contributed by atoms with van der Waals surface area (Å²) in [6, 6.07) is 17.8. The first-order valence-electron chi connectivity index (χ1n) is 31.2. The van der Waals surface area contributed by atoms with Gasteiger partial charge in [0, 0.05) is 30.6 Å². The number of nitrogens with one attached hydrogen (secondary N) is 2. The molecule has 494 valence electrons. The van der Waals surface area contributed by atoms with Crippen LogP contribution in [0.15, 0.2) is 60.7 Å². The van der Waals surface area contributed by atoms with Crippen LogP contribution in [0.5, 0.6) is 0 Å². The number of methoxy groups -OCH3 is 1. The lowest BCUT2D eigenvalue weighted by molar-refractivity contribution is -0.343. The fraction of sp³-hybridized carbons (Fsp3) is 0.781. The smallest absolute Gasteiger partial charge is 0.407 e. The Kier molecular flexibility index (Phi) is 26.6. The van der Waals surface area contributed by atoms with E-state index in [2.05, 4.69) is 52.2 Å². The van der Waals surface area contributed by atoms with Crippen LogP contribution in [-0.4, -0.2) is 211 Å². The summed E-state index contributed by atoms with van der Waals surface area (Å²) in [5, 5.41) is 67.3. The lowest BCUT2D eigenvalue weighted by Crippen LogP contribution is -2.67. The SMILES string of the molecule is CC(=O)NC1[C@H](OC2[C@H](C)OC(C)[C@H](C)[C@@H]2O[C@H]2O[C@@H](COCc3ccccc3)[C@@H](C)C(C)C2C)OC(CO)[C@@H](O)[C@@H]1O.COC(=O)NC1[C@H](OC2[C@H](C)OC(C)[C@H](C)[C@@H]2O[C@H]2O[C@@H](COCc3ccccc3)[C@@H](C)C(C)C2C)OC(CO)[C@@H](O)[C@@H]1O. The molecular formula is C64H102N2O21. The molecule has 0 radical (unpaired) electrons. The van der Waals surface area contributed by atoms with E-state index in [1.165, 1.54) is 14.0 Å². The summed E-state index contributed by atoms with van der Waals surface area (Å²) in [4.78, 5) is 24.1. The van der Waals surface area contributed by atoms with Crippen molar-refractivity contribution in [2.24, 2.45) is 47.3 Å². The highest BCUT2D eigenvalue weighted by molar-refractivity contribution is 5.73. The predicted octanol–water partition coefficient (Wildman–Crippen LogP) is 4.21. The van der Waals surface area contributed by atoms with Gasteiger partial charge in [-0.25, -0.2) is 4.79 Å². The number of carbonyl (C=O) groups is 2. The summed E-state index contributed by atoms with van der Waals surface area (Å²) in [5.74, 6) is 0.540. The summed E-state index contributed by atoms with van der Waals surface area (Å²) in [7, 11) is 1.19. The monoisotopic (exact) mass is 1230 g/mol. The Morgan fingerprint density at radius 2 is 0.782 bits per heavy atom. The molecule has 2 aromatic carbocycles. The molecule has 6 heterocycles. The number of hydrogen-bond donors (Lipinski definition) is 8. The minimum atomic E-state index is -1.50. The van der Waals surface area contributed by atoms with E-state index in [1.54, 1.807) is 0 Å². The van der Waals surface area contributed by atoms with Gasteiger partial charge in [0.15, 0.2) is 25.2 Å². The lowest BCUT2D eigenvalue weighted by atomic mass is 9.79. The Morgan fingerprint density at radius 1 is 0.425 bits per heavy atom. The van der Waals surface area contributed by atoms with Crippen LogP contribution in [0, 0.1) is 47.3 Å². The molecule has 8 N–H and O–H groups in total. The fourth-order valence-electron chi connectivity index (χ4n) is 12.7. The first-order chi connectivity index (χ1) is 41.4. The van der Waals surface area contributed by atoms with Crippen molar-refractivity contribution < 1.29 is 102 Å². The van der Waals surface area contributed by atoms with E-state index in [-0.39, 0.29) is 65.8 Å². The van der Waals surface area contributed by atoms with Crippen molar-refractivity contribution >= 4 is 12.0 Å². The maximum absolute atomic E-state index is 12.1. The zero-order chi connectivity index (χ0) is 63.6. The molecule has 0 aromatic heterocycles. The van der Waals surface area contributed by atoms with E-state index in [4.69, 9.17) is 61.6 Å². The second-order valence-electron chi connectivity index (χ2n) is 25.3. The van der Waals surface area contributed by atoms with Gasteiger partial charge >= 0.3 is 6.09 Å². The molecule has 6 aliphatic rings. The molecule has 23 nitrogen and oxygen atoms in total. The molecule has 0 saturated carbocycles. The highest BCUT2D eigenvalue weighted by Crippen LogP contribution is 2.42. The van der Waals surface area contributed by atoms with Crippen molar-refractivity contribution in [1.82, 2.24) is 10.6 Å². The summed E-state index contributed by atoms with van der Waals surface area (Å²) in [5.41, 5.74) is 2.19. The van der Waals surface area contributed by atoms with Crippen LogP contribution in [0.25, 0.3) is 0 Å². The average Bonchev–Trinajstić information content (AvgIpc) is 3.47. The predicted molar refractivity (Wildman–Crippen MR) is 315 cm³/mol. The Balaban J connectivity index is 0.000000249. The third-order valence-electron chi connectivity index (χ3n) is 19.5. The second-order valence-corrected chi connectivity index (χ2v) is 25.3. The Bertz CT molecular complexity index is 2370. The van der Waals surface area contributed by atoms with E-state index < -0.39 is 136 Å². The summed E-state index contributed by atoms with van der Waals surface area (Å²) >= 11 is 0. The van der Waals surface area contributed by atoms with Gasteiger partial charge in [-0.05, 0) is 62.5 Å². The van der Waals surface area contributed by atoms with Crippen molar-refractivity contribution in [3.8, 4) is 0 Å². The number of ether oxygens (including phenoxy) is 13. The van der Waals surface area contributed by atoms with Gasteiger partial charge in [0.1, 0.15) is 60.9 Å². The Labute approximate surface area is 513 Å². The van der Waals surface area contributed by atoms with Crippen LogP contribution >= 0.6 is 0 Å². The van der Waals surface area contributed by atoms with Gasteiger partial charge in [0.2, 0.25) is 5.91 Å². The standard InChI is InChI=1S/C32H51NO11.C32H51NO10/c1-16-17(2)24(15-39-14-22-11-9-8-10-12-22)42-30(18(16)3)43-28-19(4)20(5)40-21(6)29(28)44-31-25(33-32(37)38-7)27(36)26(35)23(13-34)41-31;1-16-17(2)25(15-38-14-23-11-9-8-10-12-23)41-31(18(16)3)42-29-19(4)20(5)39-21(6)30(29)43-32-26(33-22(7)35)28(37)27(36)24(13-34)40-32/h8-12,16-21,23-31,34-36H,13-15H2,1-7H3,(H,33,37);8-12,16-21,24-32,34,36-37H,13-15H2,1-7H3,(H,33,35)/t16?,17-,18?,19-,20?,21-,23?,24-,25?,26+,27+,28-,29?,30+,31-;16?,17-,18?,19-,20?,21-,24?,25-,26?,27+,28+,29-,30?,31+,32-/m00/s1. The van der Waals surface area contributed by atoms with Crippen LogP contribution in [0.4, 0.5) is 4.79 Å². The minimum absolute atomic E-state index is 0.0621. The highest BCUT2D eigenvalue weighted by Gasteiger charge is 2.54. The molecule has 2 aromatic rings. The average molecular weight is 1240 g/mol. The summed E-state index contributed by atoms with van der Waals surface area (Å²) in [6.45, 7) is 26.8. The van der Waals surface area contributed by atoms with E-state index in [0.717, 1.165) is 11.1 Å². The third-order valence-corrected chi connectivity index (χ3v) is 19.5. The van der Waals surface area contributed by atoms with Crippen molar-refractivity contribution in [2.75, 3.05) is 33.5 Å². The molecule has 12 unspecified atom stereocenters. The lowest BCUT2D eigenvalue weighted by Gasteiger charge is -2.50. The largest absolute Gasteiger partial charge is 0.453 e. The molecule has 30 atom stereocenters. The van der Waals surface area contributed by atoms with Gasteiger partial charge in [0.25, 0.3) is 0 Å². The van der Waals surface area contributed by atoms with E-state index >= 15 is 0 Å². The van der Waals surface area contributed by atoms with Crippen LogP contribution in [0.3, 0.4) is 0 Å². The van der Waals surface area contributed by atoms with E-state index in [9.17, 15) is 40.2 Å². The molecule has 87 heavy (non-hydrogen) atoms. The fourth-order valence-corrected chi connectivity index (χ4v) is 12.7. The van der Waals surface area contributed by atoms with Gasteiger partial charge in [-0.15, -0.1) is 0 Å². The van der Waals surface area contributed by atoms with E-state index in [1.807, 2.05) is 102 Å². The number of aliphatic hydroxyl groups excluding tert-OH is 6. The normalized spacial score (nSPS) is 43.3. The van der Waals surface area contributed by atoms with Crippen LogP contribution < -0.4 is 10.6 Å². The number of aliphatic hydroxyl groups is 6. The Hall–Kier alpha value is -3.54. The molecule has 23 heteroatoms. The van der Waals surface area contributed by atoms with Crippen molar-refractivity contribution in [3.05, 3.63) is 71.8 Å². The highest BCUT2D eigenvalue weighted by atomic mass is 16.7. The zero-order valence-corrected chi connectivity index (χ0v) is 53.1. The summed E-state index contributed by atoms with van der Waals surface area (Å²) < 4.78 is 80.6. The second kappa shape index (κ2) is 32.6.